The molecule has 0 aliphatic carbocycles. The van der Waals surface area contributed by atoms with Gasteiger partial charge in [0.05, 0.1) is 0 Å². The van der Waals surface area contributed by atoms with E-state index in [4.69, 9.17) is 5.11 Å². The number of aliphatic hydroxyl groups excluding tert-OH is 1. The predicted molar refractivity (Wildman–Crippen MR) is 54.1 cm³/mol. The lowest BCUT2D eigenvalue weighted by atomic mass is 9.97. The molecule has 2 nitrogen and oxygen atoms in total. The third-order valence-electron chi connectivity index (χ3n) is 2.66. The van der Waals surface area contributed by atoms with Crippen molar-refractivity contribution < 1.29 is 5.11 Å². The maximum Gasteiger partial charge on any atom is 0.0437 e. The summed E-state index contributed by atoms with van der Waals surface area (Å²) in [4.78, 5) is 0. The van der Waals surface area contributed by atoms with Crippen LogP contribution in [-0.2, 0) is 0 Å². The first-order valence-electron chi connectivity index (χ1n) is 4.76. The molecule has 1 aliphatic heterocycles. The molecule has 0 fully saturated rings. The Morgan fingerprint density at radius 1 is 1.54 bits per heavy atom. The summed E-state index contributed by atoms with van der Waals surface area (Å²) in [5.74, 6) is 0.500. The number of hydrogen-bond donors (Lipinski definition) is 2. The minimum atomic E-state index is 0.278. The Hall–Kier alpha value is -1.02. The summed E-state index contributed by atoms with van der Waals surface area (Å²) in [5.41, 5.74) is 3.91. The van der Waals surface area contributed by atoms with Crippen molar-refractivity contribution in [3.05, 3.63) is 29.3 Å². The summed E-state index contributed by atoms with van der Waals surface area (Å²) < 4.78 is 0. The van der Waals surface area contributed by atoms with Crippen LogP contribution in [0.2, 0.25) is 0 Å². The van der Waals surface area contributed by atoms with Crippen molar-refractivity contribution in [2.24, 2.45) is 0 Å². The first-order chi connectivity index (χ1) is 6.31. The highest BCUT2D eigenvalue weighted by atomic mass is 16.3. The second-order valence-corrected chi connectivity index (χ2v) is 3.68. The summed E-state index contributed by atoms with van der Waals surface area (Å²) >= 11 is 0. The molecule has 0 saturated heterocycles. The Balaban J connectivity index is 2.29. The molecule has 0 radical (unpaired) electrons. The summed E-state index contributed by atoms with van der Waals surface area (Å²) in [6.45, 7) is 3.35. The van der Waals surface area contributed by atoms with Crippen molar-refractivity contribution in [3.63, 3.8) is 0 Å². The lowest BCUT2D eigenvalue weighted by Gasteiger charge is -2.07. The average molecular weight is 177 g/mol. The van der Waals surface area contributed by atoms with Crippen molar-refractivity contribution in [1.29, 1.82) is 0 Å². The lowest BCUT2D eigenvalue weighted by Crippen LogP contribution is -2.03. The summed E-state index contributed by atoms with van der Waals surface area (Å²) in [7, 11) is 0. The Bertz CT molecular complexity index is 307. The van der Waals surface area contributed by atoms with E-state index in [0.29, 0.717) is 5.92 Å². The van der Waals surface area contributed by atoms with E-state index in [1.165, 1.54) is 16.8 Å². The molecule has 0 bridgehead atoms. The largest absolute Gasteiger partial charge is 0.396 e. The van der Waals surface area contributed by atoms with Gasteiger partial charge in [-0.1, -0.05) is 17.7 Å². The van der Waals surface area contributed by atoms with E-state index in [0.717, 1.165) is 13.0 Å². The van der Waals surface area contributed by atoms with E-state index in [-0.39, 0.29) is 6.61 Å². The highest BCUT2D eigenvalue weighted by Crippen LogP contribution is 2.33. The van der Waals surface area contributed by atoms with Crippen molar-refractivity contribution in [1.82, 2.24) is 0 Å². The molecular weight excluding hydrogens is 162 g/mol. The van der Waals surface area contributed by atoms with Gasteiger partial charge in [0.15, 0.2) is 0 Å². The normalized spacial score (nSPS) is 19.7. The van der Waals surface area contributed by atoms with Gasteiger partial charge in [-0.15, -0.1) is 0 Å². The second kappa shape index (κ2) is 3.38. The van der Waals surface area contributed by atoms with Gasteiger partial charge in [-0.05, 0) is 25.0 Å². The molecule has 2 N–H and O–H groups in total. The van der Waals surface area contributed by atoms with E-state index in [2.05, 4.69) is 30.4 Å². The van der Waals surface area contributed by atoms with Crippen LogP contribution in [0.4, 0.5) is 5.69 Å². The molecule has 0 aromatic heterocycles. The molecule has 1 heterocycles. The van der Waals surface area contributed by atoms with Gasteiger partial charge >= 0.3 is 0 Å². The standard InChI is InChI=1S/C11H15NO/c1-8-2-3-11-10(6-8)9(4-5-13)7-12-11/h2-3,6,9,12-13H,4-5,7H2,1H3. The first kappa shape index (κ1) is 8.57. The molecule has 70 valence electrons. The van der Waals surface area contributed by atoms with Crippen LogP contribution in [0.3, 0.4) is 0 Å². The number of rotatable bonds is 2. The molecule has 0 saturated carbocycles. The van der Waals surface area contributed by atoms with Crippen molar-refractivity contribution in [2.45, 2.75) is 19.3 Å². The fraction of sp³-hybridized carbons (Fsp3) is 0.455. The molecule has 13 heavy (non-hydrogen) atoms. The van der Waals surface area contributed by atoms with Gasteiger partial charge in [-0.2, -0.15) is 0 Å². The Morgan fingerprint density at radius 2 is 2.38 bits per heavy atom. The molecule has 2 rings (SSSR count). The molecule has 1 aromatic carbocycles. The van der Waals surface area contributed by atoms with Crippen LogP contribution in [-0.4, -0.2) is 18.3 Å². The number of aryl methyl sites for hydroxylation is 1. The number of hydrogen-bond acceptors (Lipinski definition) is 2. The zero-order chi connectivity index (χ0) is 9.26. The van der Waals surface area contributed by atoms with E-state index in [1.807, 2.05) is 0 Å². The van der Waals surface area contributed by atoms with Crippen LogP contribution < -0.4 is 5.32 Å². The highest BCUT2D eigenvalue weighted by molar-refractivity contribution is 5.58. The molecule has 1 aliphatic rings. The Kier molecular flexibility index (Phi) is 2.23. The van der Waals surface area contributed by atoms with Gasteiger partial charge in [0.2, 0.25) is 0 Å². The first-order valence-corrected chi connectivity index (χ1v) is 4.76. The molecule has 1 atom stereocenters. The molecule has 0 amide bonds. The maximum absolute atomic E-state index is 8.89. The van der Waals surface area contributed by atoms with Crippen LogP contribution >= 0.6 is 0 Å². The van der Waals surface area contributed by atoms with E-state index < -0.39 is 0 Å². The van der Waals surface area contributed by atoms with Gasteiger partial charge in [-0.25, -0.2) is 0 Å². The van der Waals surface area contributed by atoms with Crippen molar-refractivity contribution >= 4 is 5.69 Å². The fourth-order valence-electron chi connectivity index (χ4n) is 1.94. The molecule has 2 heteroatoms. The number of aliphatic hydroxyl groups is 1. The Morgan fingerprint density at radius 3 is 3.15 bits per heavy atom. The van der Waals surface area contributed by atoms with Gasteiger partial charge < -0.3 is 10.4 Å². The summed E-state index contributed by atoms with van der Waals surface area (Å²) in [6.07, 6.45) is 0.865. The minimum Gasteiger partial charge on any atom is -0.396 e. The van der Waals surface area contributed by atoms with Gasteiger partial charge in [0.1, 0.15) is 0 Å². The maximum atomic E-state index is 8.89. The van der Waals surface area contributed by atoms with E-state index in [1.54, 1.807) is 0 Å². The average Bonchev–Trinajstić information content (AvgIpc) is 2.49. The van der Waals surface area contributed by atoms with Crippen LogP contribution in [0.5, 0.6) is 0 Å². The van der Waals surface area contributed by atoms with Crippen molar-refractivity contribution in [2.75, 3.05) is 18.5 Å². The molecular formula is C11H15NO. The topological polar surface area (TPSA) is 32.3 Å². The number of nitrogens with one attached hydrogen (secondary N) is 1. The van der Waals surface area contributed by atoms with Gasteiger partial charge in [0, 0.05) is 24.8 Å². The molecule has 0 spiro atoms. The fourth-order valence-corrected chi connectivity index (χ4v) is 1.94. The van der Waals surface area contributed by atoms with Crippen LogP contribution in [0.15, 0.2) is 18.2 Å². The summed E-state index contributed by atoms with van der Waals surface area (Å²) in [5, 5.41) is 12.2. The highest BCUT2D eigenvalue weighted by Gasteiger charge is 2.20. The smallest absolute Gasteiger partial charge is 0.0437 e. The summed E-state index contributed by atoms with van der Waals surface area (Å²) in [6, 6.07) is 6.46. The molecule has 1 aromatic rings. The monoisotopic (exact) mass is 177 g/mol. The SMILES string of the molecule is Cc1ccc2c(c1)C(CCO)CN2. The van der Waals surface area contributed by atoms with E-state index >= 15 is 0 Å². The van der Waals surface area contributed by atoms with Gasteiger partial charge in [-0.3, -0.25) is 0 Å². The van der Waals surface area contributed by atoms with Crippen molar-refractivity contribution in [3.8, 4) is 0 Å². The second-order valence-electron chi connectivity index (χ2n) is 3.68. The predicted octanol–water partition coefficient (Wildman–Crippen LogP) is 1.89. The molecule has 1 unspecified atom stereocenters. The zero-order valence-corrected chi connectivity index (χ0v) is 7.88. The lowest BCUT2D eigenvalue weighted by molar-refractivity contribution is 0.278. The van der Waals surface area contributed by atoms with Crippen LogP contribution in [0, 0.1) is 6.92 Å². The zero-order valence-electron chi connectivity index (χ0n) is 7.88. The Labute approximate surface area is 78.6 Å². The van der Waals surface area contributed by atoms with Gasteiger partial charge in [0.25, 0.3) is 0 Å². The minimum absolute atomic E-state index is 0.278. The van der Waals surface area contributed by atoms with Crippen LogP contribution in [0.1, 0.15) is 23.5 Å². The van der Waals surface area contributed by atoms with Crippen LogP contribution in [0.25, 0.3) is 0 Å². The number of anilines is 1. The van der Waals surface area contributed by atoms with E-state index in [9.17, 15) is 0 Å². The third kappa shape index (κ3) is 1.54. The number of fused-ring (bicyclic) bond motifs is 1. The quantitative estimate of drug-likeness (QED) is 0.723. The number of benzene rings is 1. The third-order valence-corrected chi connectivity index (χ3v) is 2.66.